The Kier molecular flexibility index (Phi) is 3.89. The normalized spacial score (nSPS) is 10.2. The van der Waals surface area contributed by atoms with E-state index < -0.39 is 5.91 Å². The van der Waals surface area contributed by atoms with Gasteiger partial charge in [-0.1, -0.05) is 6.07 Å². The van der Waals surface area contributed by atoms with Gasteiger partial charge in [0.2, 0.25) is 0 Å². The van der Waals surface area contributed by atoms with E-state index in [2.05, 4.69) is 32.9 Å². The van der Waals surface area contributed by atoms with E-state index in [9.17, 15) is 4.79 Å². The van der Waals surface area contributed by atoms with Gasteiger partial charge in [0.05, 0.1) is 17.4 Å². The lowest BCUT2D eigenvalue weighted by atomic mass is 10.2. The Labute approximate surface area is 124 Å². The maximum atomic E-state index is 11.2. The number of nitrogens with zero attached hydrogens (tertiary/aromatic N) is 1. The first-order chi connectivity index (χ1) is 8.97. The lowest BCUT2D eigenvalue weighted by Crippen LogP contribution is -2.14. The molecule has 0 aliphatic rings. The number of pyridine rings is 1. The van der Waals surface area contributed by atoms with E-state index in [0.717, 1.165) is 9.26 Å². The molecule has 5 nitrogen and oxygen atoms in total. The van der Waals surface area contributed by atoms with E-state index in [4.69, 9.17) is 11.5 Å². The fraction of sp³-hybridized carbons (Fsp3) is 0.0769. The first kappa shape index (κ1) is 13.6. The highest BCUT2D eigenvalue weighted by Crippen LogP contribution is 2.22. The largest absolute Gasteiger partial charge is 0.397 e. The van der Waals surface area contributed by atoms with Gasteiger partial charge in [0.15, 0.2) is 0 Å². The second-order valence-corrected chi connectivity index (χ2v) is 5.27. The summed E-state index contributed by atoms with van der Waals surface area (Å²) in [6.07, 6.45) is 1.42. The molecular weight excluding hydrogens is 355 g/mol. The first-order valence-electron chi connectivity index (χ1n) is 5.56. The average Bonchev–Trinajstić information content (AvgIpc) is 2.36. The Balaban J connectivity index is 2.30. The van der Waals surface area contributed by atoms with Crippen molar-refractivity contribution in [3.05, 3.63) is 45.2 Å². The summed E-state index contributed by atoms with van der Waals surface area (Å²) in [6.45, 7) is 2.04. The number of nitrogen functional groups attached to an aromatic ring is 1. The standard InChI is InChI=1S/C13H13IN4O/c1-7-2-3-8(4-10(7)14)18-12-5-9(13(16)19)11(15)6-17-12/h2-6H,15H2,1H3,(H2,16,19)(H,17,18). The second kappa shape index (κ2) is 5.43. The minimum atomic E-state index is -0.568. The molecule has 0 unspecified atom stereocenters. The number of aryl methyl sites for hydroxylation is 1. The van der Waals surface area contributed by atoms with Gasteiger partial charge < -0.3 is 16.8 Å². The maximum Gasteiger partial charge on any atom is 0.250 e. The Morgan fingerprint density at radius 3 is 2.74 bits per heavy atom. The number of nitrogens with two attached hydrogens (primary N) is 2. The molecule has 0 aliphatic carbocycles. The fourth-order valence-corrected chi connectivity index (χ4v) is 2.08. The van der Waals surface area contributed by atoms with Crippen LogP contribution >= 0.6 is 22.6 Å². The zero-order valence-corrected chi connectivity index (χ0v) is 12.4. The Bertz CT molecular complexity index is 643. The number of rotatable bonds is 3. The number of anilines is 3. The van der Waals surface area contributed by atoms with Gasteiger partial charge in [-0.25, -0.2) is 4.98 Å². The molecule has 1 amide bonds. The SMILES string of the molecule is Cc1ccc(Nc2cc(C(N)=O)c(N)cn2)cc1I. The summed E-state index contributed by atoms with van der Waals surface area (Å²) in [5, 5.41) is 3.12. The van der Waals surface area contributed by atoms with Crippen molar-refractivity contribution >= 4 is 45.7 Å². The van der Waals surface area contributed by atoms with Crippen LogP contribution in [-0.2, 0) is 0 Å². The van der Waals surface area contributed by atoms with Gasteiger partial charge in [-0.2, -0.15) is 0 Å². The van der Waals surface area contributed by atoms with E-state index in [1.165, 1.54) is 11.8 Å². The van der Waals surface area contributed by atoms with Gasteiger partial charge in [-0.15, -0.1) is 0 Å². The molecule has 0 radical (unpaired) electrons. The fourth-order valence-electron chi connectivity index (χ4n) is 1.57. The van der Waals surface area contributed by atoms with Crippen molar-refractivity contribution in [3.8, 4) is 0 Å². The number of halogens is 1. The number of carbonyl (C=O) groups is 1. The third-order valence-electron chi connectivity index (χ3n) is 2.64. The lowest BCUT2D eigenvalue weighted by molar-refractivity contribution is 0.100. The molecule has 2 rings (SSSR count). The van der Waals surface area contributed by atoms with Crippen LogP contribution in [0.4, 0.5) is 17.2 Å². The molecule has 19 heavy (non-hydrogen) atoms. The van der Waals surface area contributed by atoms with Crippen LogP contribution in [0.3, 0.4) is 0 Å². The Morgan fingerprint density at radius 1 is 1.37 bits per heavy atom. The Hall–Kier alpha value is -1.83. The van der Waals surface area contributed by atoms with Crippen molar-refractivity contribution in [2.24, 2.45) is 5.73 Å². The molecule has 98 valence electrons. The highest BCUT2D eigenvalue weighted by Gasteiger charge is 2.08. The summed E-state index contributed by atoms with van der Waals surface area (Å²) in [6, 6.07) is 7.50. The quantitative estimate of drug-likeness (QED) is 0.726. The van der Waals surface area contributed by atoms with Crippen molar-refractivity contribution in [3.63, 3.8) is 0 Å². The molecule has 0 atom stereocenters. The predicted octanol–water partition coefficient (Wildman–Crippen LogP) is 2.42. The number of primary amides is 1. The summed E-state index contributed by atoms with van der Waals surface area (Å²) < 4.78 is 1.15. The lowest BCUT2D eigenvalue weighted by Gasteiger charge is -2.09. The van der Waals surface area contributed by atoms with Crippen molar-refractivity contribution in [1.82, 2.24) is 4.98 Å². The van der Waals surface area contributed by atoms with Crippen LogP contribution in [0.15, 0.2) is 30.5 Å². The Morgan fingerprint density at radius 2 is 2.11 bits per heavy atom. The van der Waals surface area contributed by atoms with Crippen molar-refractivity contribution in [1.29, 1.82) is 0 Å². The molecule has 0 bridgehead atoms. The highest BCUT2D eigenvalue weighted by atomic mass is 127. The average molecular weight is 368 g/mol. The molecule has 0 fully saturated rings. The van der Waals surface area contributed by atoms with E-state index >= 15 is 0 Å². The monoisotopic (exact) mass is 368 g/mol. The number of hydrogen-bond donors (Lipinski definition) is 3. The molecule has 1 heterocycles. The first-order valence-corrected chi connectivity index (χ1v) is 6.64. The van der Waals surface area contributed by atoms with E-state index in [-0.39, 0.29) is 11.3 Å². The molecule has 0 spiro atoms. The molecule has 5 N–H and O–H groups in total. The minimum absolute atomic E-state index is 0.263. The summed E-state index contributed by atoms with van der Waals surface area (Å²) in [4.78, 5) is 15.3. The van der Waals surface area contributed by atoms with Crippen LogP contribution in [0, 0.1) is 10.5 Å². The topological polar surface area (TPSA) is 94.0 Å². The summed E-state index contributed by atoms with van der Waals surface area (Å²) in [7, 11) is 0. The maximum absolute atomic E-state index is 11.2. The van der Waals surface area contributed by atoms with Gasteiger partial charge in [0.1, 0.15) is 5.82 Å². The molecule has 2 aromatic rings. The van der Waals surface area contributed by atoms with Gasteiger partial charge in [-0.05, 0) is 53.3 Å². The predicted molar refractivity (Wildman–Crippen MR) is 84.3 cm³/mol. The molecule has 0 saturated heterocycles. The number of amides is 1. The number of carbonyl (C=O) groups excluding carboxylic acids is 1. The molecule has 0 saturated carbocycles. The van der Waals surface area contributed by atoms with E-state index in [0.29, 0.717) is 5.82 Å². The minimum Gasteiger partial charge on any atom is -0.397 e. The van der Waals surface area contributed by atoms with Crippen molar-refractivity contribution in [2.75, 3.05) is 11.1 Å². The van der Waals surface area contributed by atoms with Gasteiger partial charge >= 0.3 is 0 Å². The van der Waals surface area contributed by atoms with Gasteiger partial charge in [0, 0.05) is 9.26 Å². The van der Waals surface area contributed by atoms with Crippen molar-refractivity contribution < 1.29 is 4.79 Å². The van der Waals surface area contributed by atoms with E-state index in [1.807, 2.05) is 25.1 Å². The second-order valence-electron chi connectivity index (χ2n) is 4.11. The van der Waals surface area contributed by atoms with Gasteiger partial charge in [-0.3, -0.25) is 4.79 Å². The zero-order valence-electron chi connectivity index (χ0n) is 10.3. The molecule has 6 heteroatoms. The molecular formula is C13H13IN4O. The van der Waals surface area contributed by atoms with Crippen LogP contribution in [0.1, 0.15) is 15.9 Å². The van der Waals surface area contributed by atoms with Crippen LogP contribution in [0.5, 0.6) is 0 Å². The third kappa shape index (κ3) is 3.14. The van der Waals surface area contributed by atoms with E-state index in [1.54, 1.807) is 6.07 Å². The molecule has 1 aromatic carbocycles. The van der Waals surface area contributed by atoms with Crippen molar-refractivity contribution in [2.45, 2.75) is 6.92 Å². The number of nitrogens with one attached hydrogen (secondary N) is 1. The van der Waals surface area contributed by atoms with Crippen LogP contribution in [0.2, 0.25) is 0 Å². The number of benzene rings is 1. The number of hydrogen-bond acceptors (Lipinski definition) is 4. The zero-order chi connectivity index (χ0) is 14.0. The number of aromatic nitrogens is 1. The smallest absolute Gasteiger partial charge is 0.250 e. The van der Waals surface area contributed by atoms with Crippen LogP contribution < -0.4 is 16.8 Å². The summed E-state index contributed by atoms with van der Waals surface area (Å²) in [5.41, 5.74) is 13.5. The molecule has 1 aromatic heterocycles. The van der Waals surface area contributed by atoms with Gasteiger partial charge in [0.25, 0.3) is 5.91 Å². The van der Waals surface area contributed by atoms with Crippen LogP contribution in [0.25, 0.3) is 0 Å². The molecule has 0 aliphatic heterocycles. The summed E-state index contributed by atoms with van der Waals surface area (Å²) >= 11 is 2.26. The summed E-state index contributed by atoms with van der Waals surface area (Å²) in [5.74, 6) is -0.0379. The van der Waals surface area contributed by atoms with Crippen LogP contribution in [-0.4, -0.2) is 10.9 Å². The third-order valence-corrected chi connectivity index (χ3v) is 3.81. The highest BCUT2D eigenvalue weighted by molar-refractivity contribution is 14.1.